The van der Waals surface area contributed by atoms with E-state index in [1.807, 2.05) is 27.7 Å². The lowest BCUT2D eigenvalue weighted by Crippen LogP contribution is -2.44. The van der Waals surface area contributed by atoms with Crippen LogP contribution in [0.3, 0.4) is 0 Å². The molecule has 0 saturated heterocycles. The van der Waals surface area contributed by atoms with Gasteiger partial charge in [0.05, 0.1) is 4.90 Å². The molecule has 0 aromatic heterocycles. The lowest BCUT2D eigenvalue weighted by molar-refractivity contribution is 0.388. The maximum Gasteiger partial charge on any atom is 0.241 e. The van der Waals surface area contributed by atoms with E-state index in [2.05, 4.69) is 4.72 Å². The molecule has 1 aromatic carbocycles. The van der Waals surface area contributed by atoms with Crippen LogP contribution in [0.25, 0.3) is 0 Å². The van der Waals surface area contributed by atoms with Crippen molar-refractivity contribution < 1.29 is 8.42 Å². The Kier molecular flexibility index (Phi) is 5.12. The Morgan fingerprint density at radius 1 is 1.21 bits per heavy atom. The normalized spacial score (nSPS) is 14.4. The Labute approximate surface area is 116 Å². The van der Waals surface area contributed by atoms with Gasteiger partial charge in [-0.2, -0.15) is 0 Å². The summed E-state index contributed by atoms with van der Waals surface area (Å²) in [6.45, 7) is 7.74. The topological polar surface area (TPSA) is 72.2 Å². The van der Waals surface area contributed by atoms with Crippen LogP contribution in [0.5, 0.6) is 0 Å². The van der Waals surface area contributed by atoms with Gasteiger partial charge in [-0.1, -0.05) is 26.0 Å². The highest BCUT2D eigenvalue weighted by Crippen LogP contribution is 2.20. The lowest BCUT2D eigenvalue weighted by Gasteiger charge is -2.27. The van der Waals surface area contributed by atoms with Crippen molar-refractivity contribution in [1.82, 2.24) is 4.72 Å². The van der Waals surface area contributed by atoms with Gasteiger partial charge in [0.25, 0.3) is 0 Å². The fourth-order valence-electron chi connectivity index (χ4n) is 1.73. The van der Waals surface area contributed by atoms with E-state index in [4.69, 9.17) is 5.73 Å². The molecule has 0 radical (unpaired) electrons. The van der Waals surface area contributed by atoms with Crippen LogP contribution < -0.4 is 10.5 Å². The van der Waals surface area contributed by atoms with Gasteiger partial charge in [0.15, 0.2) is 0 Å². The van der Waals surface area contributed by atoms with Crippen molar-refractivity contribution in [1.29, 1.82) is 0 Å². The van der Waals surface area contributed by atoms with Crippen LogP contribution in [0.15, 0.2) is 29.2 Å². The van der Waals surface area contributed by atoms with Gasteiger partial charge in [-0.05, 0) is 44.4 Å². The van der Waals surface area contributed by atoms with Crippen LogP contribution in [0.2, 0.25) is 0 Å². The van der Waals surface area contributed by atoms with E-state index in [-0.39, 0.29) is 10.9 Å². The molecule has 0 aliphatic carbocycles. The molecule has 0 heterocycles. The number of hydrogen-bond donors (Lipinski definition) is 2. The summed E-state index contributed by atoms with van der Waals surface area (Å²) in [6.07, 6.45) is 1.50. The summed E-state index contributed by atoms with van der Waals surface area (Å²) in [5.41, 5.74) is 6.27. The third-order valence-corrected chi connectivity index (χ3v) is 5.31. The Morgan fingerprint density at radius 3 is 2.05 bits per heavy atom. The van der Waals surface area contributed by atoms with E-state index in [9.17, 15) is 8.42 Å². The van der Waals surface area contributed by atoms with Crippen LogP contribution >= 0.6 is 0 Å². The summed E-state index contributed by atoms with van der Waals surface area (Å²) in [5, 5.41) is 0. The van der Waals surface area contributed by atoms with E-state index in [0.29, 0.717) is 0 Å². The predicted molar refractivity (Wildman–Crippen MR) is 78.4 cm³/mol. The zero-order valence-electron chi connectivity index (χ0n) is 12.1. The third kappa shape index (κ3) is 4.03. The van der Waals surface area contributed by atoms with Gasteiger partial charge in [-0.25, -0.2) is 13.1 Å². The van der Waals surface area contributed by atoms with E-state index >= 15 is 0 Å². The summed E-state index contributed by atoms with van der Waals surface area (Å²) >= 11 is 0. The summed E-state index contributed by atoms with van der Waals surface area (Å²) in [5.74, 6) is 0. The number of hydrogen-bond acceptors (Lipinski definition) is 3. The summed E-state index contributed by atoms with van der Waals surface area (Å²) < 4.78 is 27.4. The van der Waals surface area contributed by atoms with E-state index in [0.717, 1.165) is 18.4 Å². The second-order valence-electron chi connectivity index (χ2n) is 5.23. The number of benzene rings is 1. The van der Waals surface area contributed by atoms with Gasteiger partial charge >= 0.3 is 0 Å². The molecule has 3 N–H and O–H groups in total. The maximum atomic E-state index is 12.3. The second kappa shape index (κ2) is 6.03. The Morgan fingerprint density at radius 2 is 1.68 bits per heavy atom. The van der Waals surface area contributed by atoms with Gasteiger partial charge in [-0.15, -0.1) is 0 Å². The molecule has 1 unspecified atom stereocenters. The molecule has 0 saturated carbocycles. The molecule has 0 amide bonds. The average molecular weight is 284 g/mol. The molecule has 0 spiro atoms. The highest BCUT2D eigenvalue weighted by Gasteiger charge is 2.27. The van der Waals surface area contributed by atoms with Crippen LogP contribution in [0.4, 0.5) is 0 Å². The lowest BCUT2D eigenvalue weighted by atomic mass is 9.98. The van der Waals surface area contributed by atoms with Crippen LogP contribution in [-0.4, -0.2) is 14.0 Å². The first-order valence-corrected chi connectivity index (χ1v) is 8.12. The molecular formula is C14H24N2O2S. The van der Waals surface area contributed by atoms with Crippen molar-refractivity contribution >= 4 is 10.0 Å². The fraction of sp³-hybridized carbons (Fsp3) is 0.571. The highest BCUT2D eigenvalue weighted by atomic mass is 32.2. The first kappa shape index (κ1) is 16.1. The van der Waals surface area contributed by atoms with Crippen molar-refractivity contribution in [2.24, 2.45) is 5.73 Å². The van der Waals surface area contributed by atoms with Gasteiger partial charge in [0.2, 0.25) is 10.0 Å². The van der Waals surface area contributed by atoms with Gasteiger partial charge in [0, 0.05) is 11.6 Å². The molecule has 1 rings (SSSR count). The molecule has 0 bridgehead atoms. The van der Waals surface area contributed by atoms with Gasteiger partial charge in [0.1, 0.15) is 0 Å². The zero-order valence-corrected chi connectivity index (χ0v) is 12.9. The highest BCUT2D eigenvalue weighted by molar-refractivity contribution is 7.89. The largest absolute Gasteiger partial charge is 0.324 e. The quantitative estimate of drug-likeness (QED) is 0.843. The summed E-state index contributed by atoms with van der Waals surface area (Å²) in [7, 11) is -3.48. The van der Waals surface area contributed by atoms with Gasteiger partial charge in [-0.3, -0.25) is 0 Å². The smallest absolute Gasteiger partial charge is 0.241 e. The number of nitrogens with two attached hydrogens (primary N) is 1. The van der Waals surface area contributed by atoms with Crippen LogP contribution in [-0.2, 0) is 10.0 Å². The molecule has 0 fully saturated rings. The standard InChI is InChI=1S/C14H24N2O2S/c1-5-14(4,6-2)16-19(17,18)13-9-7-12(8-10-13)11(3)15/h7-11,16H,5-6,15H2,1-4H3. The molecular weight excluding hydrogens is 260 g/mol. The van der Waals surface area contributed by atoms with Crippen molar-refractivity contribution in [3.63, 3.8) is 0 Å². The van der Waals surface area contributed by atoms with E-state index < -0.39 is 15.6 Å². The molecule has 19 heavy (non-hydrogen) atoms. The van der Waals surface area contributed by atoms with Crippen molar-refractivity contribution in [3.05, 3.63) is 29.8 Å². The Balaban J connectivity index is 3.01. The molecule has 4 nitrogen and oxygen atoms in total. The monoisotopic (exact) mass is 284 g/mol. The SMILES string of the molecule is CCC(C)(CC)NS(=O)(=O)c1ccc(C(C)N)cc1. The molecule has 0 aliphatic heterocycles. The number of nitrogens with one attached hydrogen (secondary N) is 1. The van der Waals surface area contributed by atoms with Crippen LogP contribution in [0, 0.1) is 0 Å². The summed E-state index contributed by atoms with van der Waals surface area (Å²) in [4.78, 5) is 0.282. The molecule has 5 heteroatoms. The minimum absolute atomic E-state index is 0.0961. The first-order valence-electron chi connectivity index (χ1n) is 6.63. The second-order valence-corrected chi connectivity index (χ2v) is 6.91. The van der Waals surface area contributed by atoms with E-state index in [1.165, 1.54) is 0 Å². The summed E-state index contributed by atoms with van der Waals surface area (Å²) in [6, 6.07) is 6.63. The molecule has 1 aromatic rings. The number of sulfonamides is 1. The van der Waals surface area contributed by atoms with Crippen molar-refractivity contribution in [3.8, 4) is 0 Å². The molecule has 0 aliphatic rings. The van der Waals surface area contributed by atoms with Crippen LogP contribution in [0.1, 0.15) is 52.1 Å². The van der Waals surface area contributed by atoms with Gasteiger partial charge < -0.3 is 5.73 Å². The zero-order chi connectivity index (χ0) is 14.7. The van der Waals surface area contributed by atoms with E-state index in [1.54, 1.807) is 24.3 Å². The Bertz CT molecular complexity index is 503. The molecule has 1 atom stereocenters. The average Bonchev–Trinajstić information content (AvgIpc) is 2.38. The minimum atomic E-state index is -3.48. The minimum Gasteiger partial charge on any atom is -0.324 e. The predicted octanol–water partition coefficient (Wildman–Crippen LogP) is 2.56. The third-order valence-electron chi connectivity index (χ3n) is 3.66. The fourth-order valence-corrected chi connectivity index (χ4v) is 3.28. The number of rotatable bonds is 6. The first-order chi connectivity index (χ1) is 8.74. The molecule has 108 valence electrons. The van der Waals surface area contributed by atoms with Crippen molar-refractivity contribution in [2.75, 3.05) is 0 Å². The maximum absolute atomic E-state index is 12.3. The Hall–Kier alpha value is -0.910. The van der Waals surface area contributed by atoms with Crippen molar-refractivity contribution in [2.45, 2.75) is 57.0 Å².